The molecular formula is C17H22N6OS2. The molecule has 0 fully saturated rings. The lowest BCUT2D eigenvalue weighted by atomic mass is 10.1. The van der Waals surface area contributed by atoms with Gasteiger partial charge in [0.05, 0.1) is 16.9 Å². The molecule has 2 heterocycles. The number of amides is 1. The van der Waals surface area contributed by atoms with Crippen molar-refractivity contribution in [3.63, 3.8) is 0 Å². The number of aryl methyl sites for hydroxylation is 1. The Balaban J connectivity index is 1.68. The van der Waals surface area contributed by atoms with Gasteiger partial charge in [0.1, 0.15) is 11.1 Å². The minimum atomic E-state index is -0.248. The van der Waals surface area contributed by atoms with Crippen LogP contribution in [0.5, 0.6) is 0 Å². The van der Waals surface area contributed by atoms with Gasteiger partial charge in [-0.05, 0) is 62.4 Å². The van der Waals surface area contributed by atoms with Crippen molar-refractivity contribution < 1.29 is 4.79 Å². The Morgan fingerprint density at radius 1 is 1.35 bits per heavy atom. The molecule has 2 aromatic rings. The van der Waals surface area contributed by atoms with E-state index < -0.39 is 0 Å². The highest BCUT2D eigenvalue weighted by Gasteiger charge is 2.23. The second-order valence-electron chi connectivity index (χ2n) is 7.26. The van der Waals surface area contributed by atoms with Crippen molar-refractivity contribution in [2.45, 2.75) is 63.6 Å². The van der Waals surface area contributed by atoms with Crippen LogP contribution in [0, 0.1) is 11.3 Å². The van der Waals surface area contributed by atoms with E-state index in [2.05, 4.69) is 26.9 Å². The van der Waals surface area contributed by atoms with Crippen molar-refractivity contribution in [2.75, 3.05) is 11.1 Å². The summed E-state index contributed by atoms with van der Waals surface area (Å²) in [5, 5.41) is 25.4. The first-order chi connectivity index (χ1) is 12.4. The fourth-order valence-corrected chi connectivity index (χ4v) is 5.05. The number of tetrazole rings is 1. The van der Waals surface area contributed by atoms with Gasteiger partial charge in [0, 0.05) is 4.88 Å². The highest BCUT2D eigenvalue weighted by Crippen LogP contribution is 2.37. The highest BCUT2D eigenvalue weighted by atomic mass is 32.2. The zero-order valence-electron chi connectivity index (χ0n) is 15.2. The number of nitrogens with one attached hydrogen (secondary N) is 1. The topological polar surface area (TPSA) is 96.5 Å². The molecule has 7 nitrogen and oxygen atoms in total. The van der Waals surface area contributed by atoms with E-state index in [-0.39, 0.29) is 17.2 Å². The van der Waals surface area contributed by atoms with E-state index in [4.69, 9.17) is 0 Å². The number of carbonyl (C=O) groups excluding carboxylic acids is 1. The lowest BCUT2D eigenvalue weighted by Crippen LogP contribution is -2.24. The number of hydrogen-bond donors (Lipinski definition) is 1. The zero-order chi connectivity index (χ0) is 18.7. The van der Waals surface area contributed by atoms with E-state index in [1.54, 1.807) is 16.0 Å². The van der Waals surface area contributed by atoms with Crippen LogP contribution in [0.1, 0.15) is 56.0 Å². The predicted octanol–water partition coefficient (Wildman–Crippen LogP) is 3.36. The van der Waals surface area contributed by atoms with Gasteiger partial charge in [-0.2, -0.15) is 5.26 Å². The van der Waals surface area contributed by atoms with E-state index in [1.807, 2.05) is 20.8 Å². The molecule has 138 valence electrons. The van der Waals surface area contributed by atoms with Gasteiger partial charge in [0.2, 0.25) is 11.1 Å². The summed E-state index contributed by atoms with van der Waals surface area (Å²) >= 11 is 2.85. The summed E-state index contributed by atoms with van der Waals surface area (Å²) in [6, 6.07) is 2.29. The van der Waals surface area contributed by atoms with Gasteiger partial charge in [-0.1, -0.05) is 18.2 Å². The molecule has 3 rings (SSSR count). The smallest absolute Gasteiger partial charge is 0.235 e. The Bertz CT molecular complexity index is 843. The number of rotatable bonds is 4. The third-order valence-corrected chi connectivity index (χ3v) is 6.32. The number of thioether (sulfide) groups is 1. The third kappa shape index (κ3) is 4.07. The van der Waals surface area contributed by atoms with Crippen LogP contribution in [-0.4, -0.2) is 31.9 Å². The molecule has 2 aromatic heterocycles. The molecule has 0 radical (unpaired) electrons. The van der Waals surface area contributed by atoms with Crippen molar-refractivity contribution in [1.82, 2.24) is 20.2 Å². The number of hydrogen-bond acceptors (Lipinski definition) is 7. The summed E-state index contributed by atoms with van der Waals surface area (Å²) in [7, 11) is 0. The van der Waals surface area contributed by atoms with E-state index in [1.165, 1.54) is 23.1 Å². The van der Waals surface area contributed by atoms with Crippen molar-refractivity contribution in [3.05, 3.63) is 16.0 Å². The SMILES string of the molecule is CC(C)(C)n1nnnc1SCC(=O)Nc1sc2c(c1C#N)CCCCC2. The van der Waals surface area contributed by atoms with Crippen molar-refractivity contribution in [3.8, 4) is 6.07 Å². The summed E-state index contributed by atoms with van der Waals surface area (Å²) in [6.45, 7) is 6.02. The molecule has 1 N–H and O–H groups in total. The normalized spacial score (nSPS) is 14.4. The molecule has 0 aliphatic heterocycles. The molecule has 26 heavy (non-hydrogen) atoms. The predicted molar refractivity (Wildman–Crippen MR) is 102 cm³/mol. The van der Waals surface area contributed by atoms with Crippen LogP contribution in [0.15, 0.2) is 5.16 Å². The first-order valence-corrected chi connectivity index (χ1v) is 10.5. The van der Waals surface area contributed by atoms with E-state index in [0.29, 0.717) is 15.7 Å². The molecular weight excluding hydrogens is 368 g/mol. The summed E-state index contributed by atoms with van der Waals surface area (Å²) < 4.78 is 1.71. The monoisotopic (exact) mass is 390 g/mol. The minimum absolute atomic E-state index is 0.147. The number of nitriles is 1. The molecule has 0 saturated heterocycles. The minimum Gasteiger partial charge on any atom is -0.316 e. The molecule has 0 aromatic carbocycles. The molecule has 0 spiro atoms. The Kier molecular flexibility index (Phi) is 5.63. The van der Waals surface area contributed by atoms with Gasteiger partial charge >= 0.3 is 0 Å². The largest absolute Gasteiger partial charge is 0.316 e. The molecule has 0 atom stereocenters. The Hall–Kier alpha value is -1.92. The van der Waals surface area contributed by atoms with Gasteiger partial charge in [-0.25, -0.2) is 4.68 Å². The van der Waals surface area contributed by atoms with Crippen LogP contribution in [-0.2, 0) is 23.2 Å². The Labute approximate surface area is 161 Å². The standard InChI is InChI=1S/C17H22N6OS2/c1-17(2,3)23-16(20-21-22-23)25-10-14(24)19-15-12(9-18)11-7-5-4-6-8-13(11)26-15/h4-8,10H2,1-3H3,(H,19,24). The quantitative estimate of drug-likeness (QED) is 0.635. The van der Waals surface area contributed by atoms with Gasteiger partial charge < -0.3 is 5.32 Å². The van der Waals surface area contributed by atoms with E-state index >= 15 is 0 Å². The maximum atomic E-state index is 12.4. The fourth-order valence-electron chi connectivity index (χ4n) is 2.93. The number of anilines is 1. The van der Waals surface area contributed by atoms with Crippen LogP contribution in [0.2, 0.25) is 0 Å². The van der Waals surface area contributed by atoms with Gasteiger partial charge in [-0.15, -0.1) is 16.4 Å². The van der Waals surface area contributed by atoms with Crippen LogP contribution >= 0.6 is 23.1 Å². The van der Waals surface area contributed by atoms with Crippen LogP contribution in [0.4, 0.5) is 5.00 Å². The molecule has 1 amide bonds. The summed E-state index contributed by atoms with van der Waals surface area (Å²) in [4.78, 5) is 13.7. The molecule has 0 unspecified atom stereocenters. The van der Waals surface area contributed by atoms with E-state index in [0.717, 1.165) is 31.2 Å². The van der Waals surface area contributed by atoms with Crippen molar-refractivity contribution in [2.24, 2.45) is 0 Å². The number of thiophene rings is 1. The lowest BCUT2D eigenvalue weighted by molar-refractivity contribution is -0.113. The molecule has 0 saturated carbocycles. The second kappa shape index (κ2) is 7.76. The molecule has 1 aliphatic carbocycles. The zero-order valence-corrected chi connectivity index (χ0v) is 16.8. The Morgan fingerprint density at radius 2 is 2.12 bits per heavy atom. The molecule has 9 heteroatoms. The van der Waals surface area contributed by atoms with Gasteiger partial charge in [0.15, 0.2) is 0 Å². The van der Waals surface area contributed by atoms with Gasteiger partial charge in [-0.3, -0.25) is 4.79 Å². The van der Waals surface area contributed by atoms with E-state index in [9.17, 15) is 10.1 Å². The third-order valence-electron chi connectivity index (χ3n) is 4.19. The fraction of sp³-hybridized carbons (Fsp3) is 0.588. The number of fused-ring (bicyclic) bond motifs is 1. The highest BCUT2D eigenvalue weighted by molar-refractivity contribution is 7.99. The van der Waals surface area contributed by atoms with Crippen molar-refractivity contribution in [1.29, 1.82) is 5.26 Å². The average molecular weight is 391 g/mol. The summed E-state index contributed by atoms with van der Waals surface area (Å²) in [5.74, 6) is 0.0514. The number of aromatic nitrogens is 4. The number of carbonyl (C=O) groups is 1. The van der Waals surface area contributed by atoms with Crippen LogP contribution in [0.25, 0.3) is 0 Å². The van der Waals surface area contributed by atoms with Gasteiger partial charge in [0.25, 0.3) is 0 Å². The van der Waals surface area contributed by atoms with Crippen LogP contribution < -0.4 is 5.32 Å². The van der Waals surface area contributed by atoms with Crippen molar-refractivity contribution >= 4 is 34.0 Å². The van der Waals surface area contributed by atoms with Crippen LogP contribution in [0.3, 0.4) is 0 Å². The molecule has 0 bridgehead atoms. The number of nitrogens with zero attached hydrogens (tertiary/aromatic N) is 5. The maximum absolute atomic E-state index is 12.4. The first-order valence-electron chi connectivity index (χ1n) is 8.66. The first kappa shape index (κ1) is 18.9. The maximum Gasteiger partial charge on any atom is 0.235 e. The Morgan fingerprint density at radius 3 is 2.85 bits per heavy atom. The summed E-state index contributed by atoms with van der Waals surface area (Å²) in [5.41, 5.74) is 1.53. The summed E-state index contributed by atoms with van der Waals surface area (Å²) in [6.07, 6.45) is 5.39. The second-order valence-corrected chi connectivity index (χ2v) is 9.31. The molecule has 1 aliphatic rings. The average Bonchev–Trinajstić information content (AvgIpc) is 3.11. The lowest BCUT2D eigenvalue weighted by Gasteiger charge is -2.19.